The second-order valence-electron chi connectivity index (χ2n) is 6.73. The molecule has 2 aromatic carbocycles. The Labute approximate surface area is 173 Å². The summed E-state index contributed by atoms with van der Waals surface area (Å²) in [6.45, 7) is 0.282. The first-order valence-electron chi connectivity index (χ1n) is 8.96. The van der Waals surface area contributed by atoms with Gasteiger partial charge in [-0.1, -0.05) is 6.07 Å². The van der Waals surface area contributed by atoms with Crippen LogP contribution in [-0.4, -0.2) is 25.2 Å². The lowest BCUT2D eigenvalue weighted by atomic mass is 10.1. The van der Waals surface area contributed by atoms with Crippen molar-refractivity contribution in [3.05, 3.63) is 58.7 Å². The van der Waals surface area contributed by atoms with E-state index in [9.17, 15) is 31.1 Å². The van der Waals surface area contributed by atoms with Crippen molar-refractivity contribution >= 4 is 12.4 Å². The van der Waals surface area contributed by atoms with Crippen LogP contribution in [0, 0.1) is 0 Å². The molecule has 0 N–H and O–H groups in total. The normalized spacial score (nSPS) is 14.7. The zero-order chi connectivity index (χ0) is 22.8. The Morgan fingerprint density at radius 1 is 1.06 bits per heavy atom. The van der Waals surface area contributed by atoms with E-state index >= 15 is 0 Å². The number of hydrogen-bond donors (Lipinski definition) is 0. The third kappa shape index (κ3) is 5.50. The average molecular weight is 446 g/mol. The summed E-state index contributed by atoms with van der Waals surface area (Å²) in [5.41, 5.74) is -0.372. The quantitative estimate of drug-likeness (QED) is 0.429. The van der Waals surface area contributed by atoms with Gasteiger partial charge in [-0.2, -0.15) is 26.3 Å². The van der Waals surface area contributed by atoms with Crippen molar-refractivity contribution in [1.82, 2.24) is 0 Å². The minimum Gasteiger partial charge on any atom is -0.489 e. The van der Waals surface area contributed by atoms with Gasteiger partial charge in [0.1, 0.15) is 36.7 Å². The summed E-state index contributed by atoms with van der Waals surface area (Å²) in [5.74, 6) is 0.0747. The lowest BCUT2D eigenvalue weighted by Crippen LogP contribution is -2.31. The molecule has 0 bridgehead atoms. The SMILES string of the molecule is C[C@H](Oc1ccc(COc2ccc3c(c2)OCC(C=O)=C3)c(C(F)(F)F)c1)C(F)(F)F. The Morgan fingerprint density at radius 3 is 2.42 bits per heavy atom. The smallest absolute Gasteiger partial charge is 0.425 e. The molecule has 4 nitrogen and oxygen atoms in total. The first-order chi connectivity index (χ1) is 14.5. The van der Waals surface area contributed by atoms with E-state index < -0.39 is 36.4 Å². The zero-order valence-electron chi connectivity index (χ0n) is 16.0. The van der Waals surface area contributed by atoms with Gasteiger partial charge < -0.3 is 14.2 Å². The van der Waals surface area contributed by atoms with E-state index in [4.69, 9.17) is 9.47 Å². The average Bonchev–Trinajstić information content (AvgIpc) is 2.70. The van der Waals surface area contributed by atoms with E-state index in [1.165, 1.54) is 12.1 Å². The van der Waals surface area contributed by atoms with Crippen molar-refractivity contribution in [1.29, 1.82) is 0 Å². The van der Waals surface area contributed by atoms with E-state index in [2.05, 4.69) is 4.74 Å². The molecule has 0 unspecified atom stereocenters. The monoisotopic (exact) mass is 446 g/mol. The zero-order valence-corrected chi connectivity index (χ0v) is 16.0. The van der Waals surface area contributed by atoms with Crippen LogP contribution in [0.1, 0.15) is 23.6 Å². The van der Waals surface area contributed by atoms with E-state index in [1.807, 2.05) is 0 Å². The minimum atomic E-state index is -4.82. The maximum absolute atomic E-state index is 13.4. The molecule has 0 saturated heterocycles. The van der Waals surface area contributed by atoms with Gasteiger partial charge in [-0.05, 0) is 37.3 Å². The van der Waals surface area contributed by atoms with Gasteiger partial charge in [-0.15, -0.1) is 0 Å². The molecule has 0 amide bonds. The van der Waals surface area contributed by atoms with Crippen LogP contribution in [0.2, 0.25) is 0 Å². The van der Waals surface area contributed by atoms with Crippen molar-refractivity contribution < 1.29 is 45.3 Å². The van der Waals surface area contributed by atoms with E-state index in [0.717, 1.165) is 12.1 Å². The van der Waals surface area contributed by atoms with Crippen molar-refractivity contribution in [3.63, 3.8) is 0 Å². The third-order valence-electron chi connectivity index (χ3n) is 4.43. The standard InChI is InChI=1S/C21H16F6O4/c1-12(20(22,23)24)31-17-5-3-15(18(7-17)21(25,26)27)11-29-16-4-2-14-6-13(9-28)10-30-19(14)8-16/h2-9,12H,10-11H2,1H3/t12-/m0/s1. The molecular formula is C21H16F6O4. The summed E-state index contributed by atoms with van der Waals surface area (Å²) in [7, 11) is 0. The fourth-order valence-corrected chi connectivity index (χ4v) is 2.77. The van der Waals surface area contributed by atoms with Gasteiger partial charge >= 0.3 is 12.4 Å². The Kier molecular flexibility index (Phi) is 6.19. The number of fused-ring (bicyclic) bond motifs is 1. The van der Waals surface area contributed by atoms with Gasteiger partial charge in [-0.3, -0.25) is 4.79 Å². The van der Waals surface area contributed by atoms with E-state index in [0.29, 0.717) is 36.2 Å². The van der Waals surface area contributed by atoms with Crippen LogP contribution in [0.3, 0.4) is 0 Å². The highest BCUT2D eigenvalue weighted by Crippen LogP contribution is 2.36. The first-order valence-corrected chi connectivity index (χ1v) is 8.96. The van der Waals surface area contributed by atoms with Crippen LogP contribution < -0.4 is 14.2 Å². The van der Waals surface area contributed by atoms with Gasteiger partial charge in [0.2, 0.25) is 0 Å². The third-order valence-corrected chi connectivity index (χ3v) is 4.43. The molecule has 0 aromatic heterocycles. The molecule has 3 rings (SSSR count). The highest BCUT2D eigenvalue weighted by Gasteiger charge is 2.39. The van der Waals surface area contributed by atoms with Crippen LogP contribution >= 0.6 is 0 Å². The van der Waals surface area contributed by atoms with Gasteiger partial charge in [0.25, 0.3) is 0 Å². The molecule has 10 heteroatoms. The maximum atomic E-state index is 13.4. The molecular weight excluding hydrogens is 430 g/mol. The summed E-state index contributed by atoms with van der Waals surface area (Å²) in [6, 6.07) is 7.12. The van der Waals surface area contributed by atoms with Crippen molar-refractivity contribution in [2.24, 2.45) is 0 Å². The summed E-state index contributed by atoms with van der Waals surface area (Å²) in [5, 5.41) is 0. The van der Waals surface area contributed by atoms with Crippen molar-refractivity contribution in [2.75, 3.05) is 6.61 Å². The second kappa shape index (κ2) is 8.52. The number of benzene rings is 2. The van der Waals surface area contributed by atoms with Crippen molar-refractivity contribution in [3.8, 4) is 17.2 Å². The molecule has 2 aromatic rings. The van der Waals surface area contributed by atoms with Gasteiger partial charge in [0.15, 0.2) is 6.10 Å². The van der Waals surface area contributed by atoms with Crippen molar-refractivity contribution in [2.45, 2.75) is 32.0 Å². The van der Waals surface area contributed by atoms with E-state index in [1.54, 1.807) is 12.1 Å². The summed E-state index contributed by atoms with van der Waals surface area (Å²) in [4.78, 5) is 10.8. The molecule has 0 saturated carbocycles. The Balaban J connectivity index is 1.78. The van der Waals surface area contributed by atoms with Crippen LogP contribution in [0.15, 0.2) is 42.0 Å². The van der Waals surface area contributed by atoms with Crippen LogP contribution in [0.5, 0.6) is 17.2 Å². The Morgan fingerprint density at radius 2 is 1.77 bits per heavy atom. The molecule has 166 valence electrons. The fraction of sp³-hybridized carbons (Fsp3) is 0.286. The highest BCUT2D eigenvalue weighted by molar-refractivity contribution is 5.84. The molecule has 31 heavy (non-hydrogen) atoms. The van der Waals surface area contributed by atoms with Crippen LogP contribution in [0.4, 0.5) is 26.3 Å². The van der Waals surface area contributed by atoms with Crippen LogP contribution in [-0.2, 0) is 17.6 Å². The lowest BCUT2D eigenvalue weighted by Gasteiger charge is -2.20. The molecule has 0 fully saturated rings. The molecule has 1 heterocycles. The summed E-state index contributed by atoms with van der Waals surface area (Å²) in [6.07, 6.45) is -9.52. The van der Waals surface area contributed by atoms with Gasteiger partial charge in [0.05, 0.1) is 5.56 Å². The minimum absolute atomic E-state index is 0.0655. The second-order valence-corrected chi connectivity index (χ2v) is 6.73. The largest absolute Gasteiger partial charge is 0.489 e. The predicted octanol–water partition coefficient (Wildman–Crippen LogP) is 5.59. The summed E-state index contributed by atoms with van der Waals surface area (Å²) >= 11 is 0. The molecule has 0 radical (unpaired) electrons. The Hall–Kier alpha value is -3.17. The topological polar surface area (TPSA) is 44.8 Å². The van der Waals surface area contributed by atoms with Gasteiger partial charge in [0, 0.05) is 22.8 Å². The molecule has 0 spiro atoms. The number of ether oxygens (including phenoxy) is 3. The maximum Gasteiger partial charge on any atom is 0.425 e. The van der Waals surface area contributed by atoms with Crippen LogP contribution in [0.25, 0.3) is 6.08 Å². The Bertz CT molecular complexity index is 994. The number of carbonyl (C=O) groups excluding carboxylic acids is 1. The number of alkyl halides is 6. The van der Waals surface area contributed by atoms with E-state index in [-0.39, 0.29) is 17.9 Å². The fourth-order valence-electron chi connectivity index (χ4n) is 2.77. The number of hydrogen-bond acceptors (Lipinski definition) is 4. The number of aldehydes is 1. The molecule has 0 aliphatic carbocycles. The molecule has 1 aliphatic heterocycles. The highest BCUT2D eigenvalue weighted by atomic mass is 19.4. The molecule has 1 aliphatic rings. The first kappa shape index (κ1) is 22.5. The molecule has 1 atom stereocenters. The summed E-state index contributed by atoms with van der Waals surface area (Å²) < 4.78 is 93.6. The van der Waals surface area contributed by atoms with Gasteiger partial charge in [-0.25, -0.2) is 0 Å². The number of halogens is 6. The predicted molar refractivity (Wildman–Crippen MR) is 97.9 cm³/mol. The number of carbonyl (C=O) groups is 1. The lowest BCUT2D eigenvalue weighted by molar-refractivity contribution is -0.189. The number of rotatable bonds is 6.